The molecule has 168 valence electrons. The molecular weight excluding hydrogens is 455 g/mol. The van der Waals surface area contributed by atoms with Gasteiger partial charge in [0.05, 0.1) is 15.6 Å². The van der Waals surface area contributed by atoms with Crippen LogP contribution in [-0.4, -0.2) is 17.4 Å². The van der Waals surface area contributed by atoms with Gasteiger partial charge in [0.2, 0.25) is 0 Å². The van der Waals surface area contributed by atoms with Crippen LogP contribution in [0, 0.1) is 0 Å². The van der Waals surface area contributed by atoms with Gasteiger partial charge in [-0.2, -0.15) is 0 Å². The predicted molar refractivity (Wildman–Crippen MR) is 136 cm³/mol. The Morgan fingerprint density at radius 3 is 2.55 bits per heavy atom. The largest absolute Gasteiger partial charge is 0.399 e. The van der Waals surface area contributed by atoms with Crippen molar-refractivity contribution in [3.63, 3.8) is 0 Å². The first-order valence-electron chi connectivity index (χ1n) is 10.8. The smallest absolute Gasteiger partial charge is 0.258 e. The third-order valence-corrected chi connectivity index (χ3v) is 6.91. The topological polar surface area (TPSA) is 70.4 Å². The number of halogens is 2. The van der Waals surface area contributed by atoms with Crippen molar-refractivity contribution in [2.24, 2.45) is 0 Å². The predicted octanol–water partition coefficient (Wildman–Crippen LogP) is 5.93. The summed E-state index contributed by atoms with van der Waals surface area (Å²) in [4.78, 5) is 14.9. The average molecular weight is 479 g/mol. The van der Waals surface area contributed by atoms with Gasteiger partial charge in [0.25, 0.3) is 5.91 Å². The van der Waals surface area contributed by atoms with Crippen LogP contribution in [0.4, 0.5) is 17.1 Å². The fraction of sp³-hybridized carbons (Fsp3) is 0.192. The van der Waals surface area contributed by atoms with Crippen molar-refractivity contribution < 1.29 is 4.79 Å². The van der Waals surface area contributed by atoms with Gasteiger partial charge in [-0.25, -0.2) is 0 Å². The van der Waals surface area contributed by atoms with Crippen LogP contribution in [-0.2, 0) is 24.3 Å². The van der Waals surface area contributed by atoms with Crippen LogP contribution in [0.15, 0.2) is 60.3 Å². The van der Waals surface area contributed by atoms with Crippen LogP contribution < -0.4 is 16.4 Å². The zero-order valence-corrected chi connectivity index (χ0v) is 19.7. The molecule has 7 heteroatoms. The van der Waals surface area contributed by atoms with E-state index in [0.717, 1.165) is 48.7 Å². The summed E-state index contributed by atoms with van der Waals surface area (Å²) in [7, 11) is 0. The number of carbonyl (C=O) groups is 1. The maximum atomic E-state index is 12.5. The fourth-order valence-electron chi connectivity index (χ4n) is 4.53. The Morgan fingerprint density at radius 1 is 1.06 bits per heavy atom. The number of benzene rings is 3. The lowest BCUT2D eigenvalue weighted by molar-refractivity contribution is -0.110. The van der Waals surface area contributed by atoms with Crippen LogP contribution in [0.25, 0.3) is 5.57 Å². The van der Waals surface area contributed by atoms with Crippen LogP contribution in [0.2, 0.25) is 10.0 Å². The Hall–Kier alpha value is -2.99. The van der Waals surface area contributed by atoms with Crippen LogP contribution in [0.3, 0.4) is 0 Å². The lowest BCUT2D eigenvalue weighted by Gasteiger charge is -2.29. The second kappa shape index (κ2) is 8.75. The normalized spacial score (nSPS) is 16.8. The molecule has 4 N–H and O–H groups in total. The Bertz CT molecular complexity index is 1280. The van der Waals surface area contributed by atoms with E-state index in [1.54, 1.807) is 6.07 Å². The van der Waals surface area contributed by atoms with E-state index in [-0.39, 0.29) is 5.91 Å². The van der Waals surface area contributed by atoms with Crippen molar-refractivity contribution in [3.05, 3.63) is 92.6 Å². The van der Waals surface area contributed by atoms with E-state index in [1.165, 1.54) is 16.7 Å². The van der Waals surface area contributed by atoms with Crippen molar-refractivity contribution in [2.75, 3.05) is 22.9 Å². The first kappa shape index (κ1) is 21.8. The number of hydrogen-bond acceptors (Lipinski definition) is 4. The van der Waals surface area contributed by atoms with Gasteiger partial charge in [0.15, 0.2) is 0 Å². The van der Waals surface area contributed by atoms with Crippen LogP contribution in [0.5, 0.6) is 0 Å². The molecule has 0 spiro atoms. The number of carbonyl (C=O) groups excluding carboxylic acids is 1. The lowest BCUT2D eigenvalue weighted by atomic mass is 9.99. The molecule has 0 aliphatic carbocycles. The highest BCUT2D eigenvalue weighted by Gasteiger charge is 2.26. The molecule has 5 nitrogen and oxygen atoms in total. The minimum Gasteiger partial charge on any atom is -0.399 e. The third-order valence-electron chi connectivity index (χ3n) is 6.19. The number of rotatable bonds is 4. The molecule has 2 aliphatic rings. The summed E-state index contributed by atoms with van der Waals surface area (Å²) >= 11 is 12.4. The molecule has 3 aromatic rings. The highest BCUT2D eigenvalue weighted by molar-refractivity contribution is 6.42. The lowest BCUT2D eigenvalue weighted by Crippen LogP contribution is -2.30. The van der Waals surface area contributed by atoms with Gasteiger partial charge in [-0.15, -0.1) is 0 Å². The molecule has 0 saturated heterocycles. The first-order valence-corrected chi connectivity index (χ1v) is 11.6. The average Bonchev–Trinajstić information content (AvgIpc) is 3.11. The standard InChI is InChI=1S/C26H24Cl2N4O/c1-15(25-21-12-19(29)4-7-24(21)31-26(25)33)30-20-5-2-16(3-6-20)13-32-9-8-17-10-22(27)23(28)11-18(17)14-32/h2-7,10-12,30H,8-9,13-14,29H2,1H3,(H,31,33)/b25-15-. The maximum Gasteiger partial charge on any atom is 0.258 e. The number of nitrogens with one attached hydrogen (secondary N) is 2. The summed E-state index contributed by atoms with van der Waals surface area (Å²) < 4.78 is 0. The van der Waals surface area contributed by atoms with Crippen LogP contribution in [0.1, 0.15) is 29.2 Å². The molecule has 0 radical (unpaired) electrons. The molecule has 2 aliphatic heterocycles. The molecule has 0 bridgehead atoms. The summed E-state index contributed by atoms with van der Waals surface area (Å²) in [5.41, 5.74) is 14.3. The van der Waals surface area contributed by atoms with E-state index in [9.17, 15) is 4.79 Å². The number of nitrogen functional groups attached to an aromatic ring is 1. The van der Waals surface area contributed by atoms with E-state index < -0.39 is 0 Å². The van der Waals surface area contributed by atoms with E-state index in [4.69, 9.17) is 28.9 Å². The van der Waals surface area contributed by atoms with Gasteiger partial charge >= 0.3 is 0 Å². The number of nitrogens with two attached hydrogens (primary N) is 1. The second-order valence-electron chi connectivity index (χ2n) is 8.58. The molecule has 0 aromatic heterocycles. The molecule has 0 unspecified atom stereocenters. The number of anilines is 3. The Balaban J connectivity index is 1.28. The van der Waals surface area contributed by atoms with Crippen molar-refractivity contribution in [2.45, 2.75) is 26.4 Å². The number of hydrogen-bond donors (Lipinski definition) is 3. The summed E-state index contributed by atoms with van der Waals surface area (Å²) in [6, 6.07) is 17.7. The molecule has 5 rings (SSSR count). The Kier molecular flexibility index (Phi) is 5.79. The van der Waals surface area contributed by atoms with Crippen molar-refractivity contribution in [1.82, 2.24) is 4.90 Å². The van der Waals surface area contributed by atoms with Crippen molar-refractivity contribution in [3.8, 4) is 0 Å². The molecule has 2 heterocycles. The Morgan fingerprint density at radius 2 is 1.79 bits per heavy atom. The number of fused-ring (bicyclic) bond motifs is 2. The van der Waals surface area contributed by atoms with Gasteiger partial charge in [0, 0.05) is 48.0 Å². The van der Waals surface area contributed by atoms with E-state index in [0.29, 0.717) is 21.3 Å². The zero-order chi connectivity index (χ0) is 23.1. The van der Waals surface area contributed by atoms with E-state index in [2.05, 4.69) is 27.7 Å². The van der Waals surface area contributed by atoms with E-state index >= 15 is 0 Å². The number of allylic oxidation sites excluding steroid dienone is 1. The van der Waals surface area contributed by atoms with Crippen molar-refractivity contribution >= 4 is 51.7 Å². The van der Waals surface area contributed by atoms with Gasteiger partial charge in [-0.05, 0) is 72.5 Å². The number of nitrogens with zero attached hydrogens (tertiary/aromatic N) is 1. The molecule has 0 saturated carbocycles. The molecule has 0 fully saturated rings. The fourth-order valence-corrected chi connectivity index (χ4v) is 4.90. The quantitative estimate of drug-likeness (QED) is 0.321. The van der Waals surface area contributed by atoms with Gasteiger partial charge in [-0.3, -0.25) is 9.69 Å². The molecule has 0 atom stereocenters. The highest BCUT2D eigenvalue weighted by Crippen LogP contribution is 2.35. The molecule has 1 amide bonds. The summed E-state index contributed by atoms with van der Waals surface area (Å²) in [5.74, 6) is -0.121. The third kappa shape index (κ3) is 4.44. The SMILES string of the molecule is C/C(Nc1ccc(CN2CCc3cc(Cl)c(Cl)cc3C2)cc1)=C1/C(=O)Nc2ccc(N)cc21. The maximum absolute atomic E-state index is 12.5. The van der Waals surface area contributed by atoms with E-state index in [1.807, 2.05) is 43.3 Å². The monoisotopic (exact) mass is 478 g/mol. The van der Waals surface area contributed by atoms with Gasteiger partial charge in [0.1, 0.15) is 0 Å². The van der Waals surface area contributed by atoms with Gasteiger partial charge < -0.3 is 16.4 Å². The minimum atomic E-state index is -0.121. The number of amides is 1. The molecule has 33 heavy (non-hydrogen) atoms. The first-order chi connectivity index (χ1) is 15.9. The zero-order valence-electron chi connectivity index (χ0n) is 18.2. The summed E-state index contributed by atoms with van der Waals surface area (Å²) in [6.07, 6.45) is 0.965. The Labute approximate surface area is 203 Å². The summed E-state index contributed by atoms with van der Waals surface area (Å²) in [6.45, 7) is 4.60. The highest BCUT2D eigenvalue weighted by atomic mass is 35.5. The minimum absolute atomic E-state index is 0.121. The summed E-state index contributed by atoms with van der Waals surface area (Å²) in [5, 5.41) is 7.50. The second-order valence-corrected chi connectivity index (χ2v) is 9.39. The molecule has 3 aromatic carbocycles. The van der Waals surface area contributed by atoms with Gasteiger partial charge in [-0.1, -0.05) is 35.3 Å². The molecular formula is C26H24Cl2N4O. The van der Waals surface area contributed by atoms with Crippen LogP contribution >= 0.6 is 23.2 Å². The van der Waals surface area contributed by atoms with Crippen molar-refractivity contribution in [1.29, 1.82) is 0 Å².